The number of para-hydroxylation sites is 1. The van der Waals surface area contributed by atoms with Crippen LogP contribution in [0.15, 0.2) is 48.5 Å². The number of benzene rings is 2. The van der Waals surface area contributed by atoms with E-state index in [1.54, 1.807) is 11.8 Å². The Morgan fingerprint density at radius 1 is 1.10 bits per heavy atom. The van der Waals surface area contributed by atoms with Crippen LogP contribution in [-0.2, 0) is 0 Å². The Bertz CT molecular complexity index is 779. The van der Waals surface area contributed by atoms with Crippen molar-refractivity contribution in [1.29, 1.82) is 0 Å². The number of hydrogen-bond acceptors (Lipinski definition) is 4. The molecule has 0 unspecified atom stereocenters. The third-order valence-corrected chi connectivity index (χ3v) is 3.39. The number of nitrogens with zero attached hydrogens (tertiary/aromatic N) is 3. The van der Waals surface area contributed by atoms with Crippen LogP contribution >= 0.6 is 0 Å². The fourth-order valence-electron chi connectivity index (χ4n) is 2.24. The van der Waals surface area contributed by atoms with E-state index in [0.29, 0.717) is 11.5 Å². The van der Waals surface area contributed by atoms with Crippen LogP contribution in [0.3, 0.4) is 0 Å². The zero-order chi connectivity index (χ0) is 14.8. The molecule has 0 radical (unpaired) electrons. The van der Waals surface area contributed by atoms with Gasteiger partial charge in [-0.25, -0.2) is 0 Å². The van der Waals surface area contributed by atoms with Crippen LogP contribution in [0.2, 0.25) is 0 Å². The average molecular weight is 280 g/mol. The Balaban J connectivity index is 2.09. The van der Waals surface area contributed by atoms with Crippen LogP contribution in [0.25, 0.3) is 16.9 Å². The lowest BCUT2D eigenvalue weighted by Gasteiger charge is -2.07. The number of rotatable bonds is 3. The molecule has 2 N–H and O–H groups in total. The molecular formula is C16H16N4O. The molecule has 0 saturated heterocycles. The van der Waals surface area contributed by atoms with Gasteiger partial charge in [0.25, 0.3) is 0 Å². The van der Waals surface area contributed by atoms with Crippen molar-refractivity contribution >= 4 is 5.82 Å². The highest BCUT2D eigenvalue weighted by Gasteiger charge is 2.14. The number of methoxy groups -OCH3 is 1. The first kappa shape index (κ1) is 13.2. The molecule has 0 fully saturated rings. The smallest absolute Gasteiger partial charge is 0.155 e. The van der Waals surface area contributed by atoms with Gasteiger partial charge in [0.15, 0.2) is 5.82 Å². The van der Waals surface area contributed by atoms with E-state index in [4.69, 9.17) is 10.5 Å². The van der Waals surface area contributed by atoms with E-state index < -0.39 is 0 Å². The second-order valence-corrected chi connectivity index (χ2v) is 4.75. The molecule has 5 heteroatoms. The van der Waals surface area contributed by atoms with Gasteiger partial charge >= 0.3 is 0 Å². The second-order valence-electron chi connectivity index (χ2n) is 4.75. The normalized spacial score (nSPS) is 10.6. The molecule has 0 aliphatic heterocycles. The molecule has 106 valence electrons. The van der Waals surface area contributed by atoms with Gasteiger partial charge in [-0.1, -0.05) is 35.5 Å². The first-order valence-electron chi connectivity index (χ1n) is 6.62. The molecule has 0 saturated carbocycles. The predicted octanol–water partition coefficient (Wildman–Crippen LogP) is 2.83. The number of nitrogen functional groups attached to an aromatic ring is 1. The van der Waals surface area contributed by atoms with E-state index in [9.17, 15) is 0 Å². The zero-order valence-corrected chi connectivity index (χ0v) is 11.9. The number of aromatic nitrogens is 3. The van der Waals surface area contributed by atoms with Crippen LogP contribution in [0.1, 0.15) is 5.56 Å². The summed E-state index contributed by atoms with van der Waals surface area (Å²) in [5.41, 5.74) is 9.77. The molecule has 1 heterocycles. The van der Waals surface area contributed by atoms with Crippen LogP contribution in [0, 0.1) is 6.92 Å². The molecule has 0 bridgehead atoms. The Hall–Kier alpha value is -2.82. The van der Waals surface area contributed by atoms with Gasteiger partial charge in [-0.15, -0.1) is 5.10 Å². The minimum atomic E-state index is 0.512. The monoisotopic (exact) mass is 280 g/mol. The summed E-state index contributed by atoms with van der Waals surface area (Å²) in [6.07, 6.45) is 0. The third kappa shape index (κ3) is 2.33. The third-order valence-electron chi connectivity index (χ3n) is 3.39. The molecule has 0 spiro atoms. The van der Waals surface area contributed by atoms with Crippen molar-refractivity contribution in [3.05, 3.63) is 54.1 Å². The lowest BCUT2D eigenvalue weighted by atomic mass is 10.1. The Kier molecular flexibility index (Phi) is 3.31. The maximum atomic E-state index is 6.22. The minimum absolute atomic E-state index is 0.512. The van der Waals surface area contributed by atoms with Crippen LogP contribution in [-0.4, -0.2) is 22.1 Å². The van der Waals surface area contributed by atoms with Crippen molar-refractivity contribution in [3.8, 4) is 22.7 Å². The summed E-state index contributed by atoms with van der Waals surface area (Å²) in [6.45, 7) is 2.02. The van der Waals surface area contributed by atoms with E-state index in [2.05, 4.69) is 10.3 Å². The van der Waals surface area contributed by atoms with Crippen molar-refractivity contribution in [2.24, 2.45) is 0 Å². The topological polar surface area (TPSA) is 66.0 Å². The fourth-order valence-corrected chi connectivity index (χ4v) is 2.24. The minimum Gasteiger partial charge on any atom is -0.497 e. The SMILES string of the molecule is COc1cccc(-c2nnn(-c3ccccc3C)c2N)c1. The molecule has 21 heavy (non-hydrogen) atoms. The maximum Gasteiger partial charge on any atom is 0.155 e. The predicted molar refractivity (Wildman–Crippen MR) is 82.5 cm³/mol. The molecule has 2 aromatic carbocycles. The van der Waals surface area contributed by atoms with E-state index in [-0.39, 0.29) is 0 Å². The Morgan fingerprint density at radius 3 is 2.67 bits per heavy atom. The van der Waals surface area contributed by atoms with E-state index >= 15 is 0 Å². The van der Waals surface area contributed by atoms with Crippen LogP contribution in [0.5, 0.6) is 5.75 Å². The lowest BCUT2D eigenvalue weighted by Crippen LogP contribution is -2.04. The molecule has 3 aromatic rings. The highest BCUT2D eigenvalue weighted by molar-refractivity contribution is 5.72. The van der Waals surface area contributed by atoms with Crippen molar-refractivity contribution < 1.29 is 4.74 Å². The summed E-state index contributed by atoms with van der Waals surface area (Å²) in [5, 5.41) is 8.39. The number of nitrogens with two attached hydrogens (primary N) is 1. The summed E-state index contributed by atoms with van der Waals surface area (Å²) in [6, 6.07) is 15.5. The maximum absolute atomic E-state index is 6.22. The Labute approximate surface area is 123 Å². The first-order valence-corrected chi connectivity index (χ1v) is 6.62. The van der Waals surface area contributed by atoms with Crippen molar-refractivity contribution in [3.63, 3.8) is 0 Å². The summed E-state index contributed by atoms with van der Waals surface area (Å²) >= 11 is 0. The molecule has 3 rings (SSSR count). The molecule has 0 aliphatic rings. The fraction of sp³-hybridized carbons (Fsp3) is 0.125. The van der Waals surface area contributed by atoms with Gasteiger partial charge in [0.1, 0.15) is 11.4 Å². The molecule has 0 atom stereocenters. The summed E-state index contributed by atoms with van der Waals surface area (Å²) < 4.78 is 6.89. The van der Waals surface area contributed by atoms with Crippen LogP contribution in [0.4, 0.5) is 5.82 Å². The summed E-state index contributed by atoms with van der Waals surface area (Å²) in [7, 11) is 1.63. The largest absolute Gasteiger partial charge is 0.497 e. The quantitative estimate of drug-likeness (QED) is 0.801. The van der Waals surface area contributed by atoms with Gasteiger partial charge in [-0.2, -0.15) is 4.68 Å². The number of hydrogen-bond donors (Lipinski definition) is 1. The van der Waals surface area contributed by atoms with Gasteiger partial charge in [0.05, 0.1) is 12.8 Å². The first-order chi connectivity index (χ1) is 10.2. The number of aryl methyl sites for hydroxylation is 1. The highest BCUT2D eigenvalue weighted by Crippen LogP contribution is 2.28. The molecule has 1 aromatic heterocycles. The van der Waals surface area contributed by atoms with Gasteiger partial charge in [-0.05, 0) is 30.7 Å². The standard InChI is InChI=1S/C16H16N4O/c1-11-6-3-4-9-14(11)20-16(17)15(18-19-20)12-7-5-8-13(10-12)21-2/h3-10H,17H2,1-2H3. The Morgan fingerprint density at radius 2 is 1.90 bits per heavy atom. The van der Waals surface area contributed by atoms with Gasteiger partial charge in [0.2, 0.25) is 0 Å². The molecule has 5 nitrogen and oxygen atoms in total. The van der Waals surface area contributed by atoms with Crippen molar-refractivity contribution in [2.75, 3.05) is 12.8 Å². The number of anilines is 1. The van der Waals surface area contributed by atoms with Crippen LogP contribution < -0.4 is 10.5 Å². The molecule has 0 amide bonds. The van der Waals surface area contributed by atoms with Crippen molar-refractivity contribution in [2.45, 2.75) is 6.92 Å². The van der Waals surface area contributed by atoms with Gasteiger partial charge in [-0.3, -0.25) is 0 Å². The number of ether oxygens (including phenoxy) is 1. The highest BCUT2D eigenvalue weighted by atomic mass is 16.5. The second kappa shape index (κ2) is 5.28. The van der Waals surface area contributed by atoms with Gasteiger partial charge in [0, 0.05) is 5.56 Å². The molecular weight excluding hydrogens is 264 g/mol. The zero-order valence-electron chi connectivity index (χ0n) is 11.9. The van der Waals surface area contributed by atoms with E-state index in [0.717, 1.165) is 22.6 Å². The summed E-state index contributed by atoms with van der Waals surface area (Å²) in [4.78, 5) is 0. The summed E-state index contributed by atoms with van der Waals surface area (Å²) in [5.74, 6) is 1.27. The molecule has 0 aliphatic carbocycles. The van der Waals surface area contributed by atoms with Crippen molar-refractivity contribution in [1.82, 2.24) is 15.0 Å². The average Bonchev–Trinajstić information content (AvgIpc) is 2.89. The van der Waals surface area contributed by atoms with Gasteiger partial charge < -0.3 is 10.5 Å². The van der Waals surface area contributed by atoms with E-state index in [1.165, 1.54) is 0 Å². The lowest BCUT2D eigenvalue weighted by molar-refractivity contribution is 0.415. The van der Waals surface area contributed by atoms with E-state index in [1.807, 2.05) is 55.5 Å².